The molecular formula is C14H13Cl2N5. The molecule has 2 aromatic heterocycles. The van der Waals surface area contributed by atoms with E-state index in [0.717, 1.165) is 29.1 Å². The molecule has 7 heteroatoms. The first-order chi connectivity index (χ1) is 10.1. The van der Waals surface area contributed by atoms with E-state index in [2.05, 4.69) is 20.4 Å². The van der Waals surface area contributed by atoms with Crippen LogP contribution in [0.2, 0.25) is 10.0 Å². The predicted octanol–water partition coefficient (Wildman–Crippen LogP) is 3.86. The molecule has 0 saturated carbocycles. The maximum Gasteiger partial charge on any atom is 0.168 e. The molecule has 0 aliphatic carbocycles. The molecule has 0 radical (unpaired) electrons. The minimum Gasteiger partial charge on any atom is -0.370 e. The molecule has 0 aliphatic rings. The summed E-state index contributed by atoms with van der Waals surface area (Å²) in [5, 5.41) is 9.48. The normalized spacial score (nSPS) is 11.0. The fraction of sp³-hybridized carbons (Fsp3) is 0.214. The van der Waals surface area contributed by atoms with Crippen molar-refractivity contribution in [2.24, 2.45) is 0 Å². The van der Waals surface area contributed by atoms with Gasteiger partial charge in [-0.05, 0) is 32.0 Å². The highest BCUT2D eigenvalue weighted by atomic mass is 35.5. The number of fused-ring (bicyclic) bond motifs is 1. The minimum absolute atomic E-state index is 0.482. The molecule has 0 amide bonds. The summed E-state index contributed by atoms with van der Waals surface area (Å²) < 4.78 is 1.73. The second-order valence-electron chi connectivity index (χ2n) is 4.54. The van der Waals surface area contributed by atoms with E-state index in [9.17, 15) is 0 Å². The van der Waals surface area contributed by atoms with E-state index in [4.69, 9.17) is 23.2 Å². The monoisotopic (exact) mass is 321 g/mol. The maximum absolute atomic E-state index is 6.08. The number of anilines is 1. The van der Waals surface area contributed by atoms with E-state index in [1.54, 1.807) is 23.0 Å². The van der Waals surface area contributed by atoms with Gasteiger partial charge in [0, 0.05) is 6.54 Å². The lowest BCUT2D eigenvalue weighted by molar-refractivity contribution is 0.889. The molecule has 2 heterocycles. The Morgan fingerprint density at radius 1 is 1.19 bits per heavy atom. The zero-order valence-electron chi connectivity index (χ0n) is 11.6. The van der Waals surface area contributed by atoms with E-state index in [1.165, 1.54) is 0 Å². The first-order valence-electron chi connectivity index (χ1n) is 6.52. The number of aryl methyl sites for hydroxylation is 1. The molecule has 0 atom stereocenters. The van der Waals surface area contributed by atoms with Crippen LogP contribution in [0.25, 0.3) is 16.7 Å². The molecule has 0 unspecified atom stereocenters. The third-order valence-corrected chi connectivity index (χ3v) is 3.77. The Bertz CT molecular complexity index is 812. The van der Waals surface area contributed by atoms with Crippen LogP contribution in [0.4, 0.5) is 5.82 Å². The molecule has 0 bridgehead atoms. The highest BCUT2D eigenvalue weighted by Gasteiger charge is 2.13. The third-order valence-electron chi connectivity index (χ3n) is 3.03. The zero-order chi connectivity index (χ0) is 15.0. The molecule has 0 aliphatic heterocycles. The van der Waals surface area contributed by atoms with Crippen LogP contribution in [-0.2, 0) is 0 Å². The topological polar surface area (TPSA) is 55.6 Å². The predicted molar refractivity (Wildman–Crippen MR) is 85.6 cm³/mol. The largest absolute Gasteiger partial charge is 0.370 e. The van der Waals surface area contributed by atoms with Gasteiger partial charge in [-0.25, -0.2) is 14.6 Å². The SMILES string of the molecule is CCNc1nc(C)nc2c1cnn2-c1ccc(Cl)c(Cl)c1. The van der Waals surface area contributed by atoms with Crippen LogP contribution in [0.5, 0.6) is 0 Å². The third kappa shape index (κ3) is 2.54. The number of hydrogen-bond acceptors (Lipinski definition) is 4. The summed E-state index contributed by atoms with van der Waals surface area (Å²) in [7, 11) is 0. The Morgan fingerprint density at radius 2 is 2.00 bits per heavy atom. The molecule has 21 heavy (non-hydrogen) atoms. The number of aromatic nitrogens is 4. The summed E-state index contributed by atoms with van der Waals surface area (Å²) in [6.07, 6.45) is 1.75. The van der Waals surface area contributed by atoms with Gasteiger partial charge in [0.15, 0.2) is 5.65 Å². The number of rotatable bonds is 3. The van der Waals surface area contributed by atoms with Crippen molar-refractivity contribution >= 4 is 40.1 Å². The molecule has 3 aromatic rings. The highest BCUT2D eigenvalue weighted by molar-refractivity contribution is 6.42. The van der Waals surface area contributed by atoms with Gasteiger partial charge >= 0.3 is 0 Å². The number of nitrogens with one attached hydrogen (secondary N) is 1. The van der Waals surface area contributed by atoms with E-state index in [-0.39, 0.29) is 0 Å². The Balaban J connectivity index is 2.21. The van der Waals surface area contributed by atoms with Crippen molar-refractivity contribution < 1.29 is 0 Å². The maximum atomic E-state index is 6.08. The number of benzene rings is 1. The van der Waals surface area contributed by atoms with Crippen LogP contribution < -0.4 is 5.32 Å². The number of nitrogens with zero attached hydrogens (tertiary/aromatic N) is 4. The van der Waals surface area contributed by atoms with Gasteiger partial charge in [-0.2, -0.15) is 5.10 Å². The molecule has 0 fully saturated rings. The van der Waals surface area contributed by atoms with Crippen molar-refractivity contribution in [2.75, 3.05) is 11.9 Å². The van der Waals surface area contributed by atoms with Gasteiger partial charge in [0.2, 0.25) is 0 Å². The first kappa shape index (κ1) is 14.1. The standard InChI is InChI=1S/C14H13Cl2N5/c1-3-17-13-10-7-18-21(14(10)20-8(2)19-13)9-4-5-11(15)12(16)6-9/h4-7H,3H2,1-2H3,(H,17,19,20). The molecule has 1 N–H and O–H groups in total. The second kappa shape index (κ2) is 5.50. The Labute approximate surface area is 131 Å². The Kier molecular flexibility index (Phi) is 3.69. The average Bonchev–Trinajstić information content (AvgIpc) is 2.86. The minimum atomic E-state index is 0.482. The van der Waals surface area contributed by atoms with E-state index < -0.39 is 0 Å². The van der Waals surface area contributed by atoms with Crippen molar-refractivity contribution in [3.8, 4) is 5.69 Å². The van der Waals surface area contributed by atoms with Crippen molar-refractivity contribution in [1.29, 1.82) is 0 Å². The number of hydrogen-bond donors (Lipinski definition) is 1. The molecule has 0 spiro atoms. The highest BCUT2D eigenvalue weighted by Crippen LogP contribution is 2.27. The summed E-state index contributed by atoms with van der Waals surface area (Å²) in [4.78, 5) is 8.89. The van der Waals surface area contributed by atoms with Gasteiger partial charge < -0.3 is 5.32 Å². The summed E-state index contributed by atoms with van der Waals surface area (Å²) in [6, 6.07) is 5.36. The summed E-state index contributed by atoms with van der Waals surface area (Å²) in [5.41, 5.74) is 1.54. The lowest BCUT2D eigenvalue weighted by Crippen LogP contribution is -2.04. The first-order valence-corrected chi connectivity index (χ1v) is 7.27. The molecule has 0 saturated heterocycles. The molecule has 1 aromatic carbocycles. The van der Waals surface area contributed by atoms with Crippen LogP contribution in [0.1, 0.15) is 12.7 Å². The Morgan fingerprint density at radius 3 is 2.71 bits per heavy atom. The molecule has 3 rings (SSSR count). The van der Waals surface area contributed by atoms with Crippen molar-refractivity contribution in [3.05, 3.63) is 40.3 Å². The van der Waals surface area contributed by atoms with Crippen LogP contribution in [0, 0.1) is 6.92 Å². The molecule has 5 nitrogen and oxygen atoms in total. The second-order valence-corrected chi connectivity index (χ2v) is 5.36. The number of halogens is 2. The fourth-order valence-electron chi connectivity index (χ4n) is 2.12. The van der Waals surface area contributed by atoms with Crippen molar-refractivity contribution in [2.45, 2.75) is 13.8 Å². The summed E-state index contributed by atoms with van der Waals surface area (Å²) >= 11 is 12.0. The lowest BCUT2D eigenvalue weighted by atomic mass is 10.3. The fourth-order valence-corrected chi connectivity index (χ4v) is 2.42. The van der Waals surface area contributed by atoms with Crippen LogP contribution in [0.3, 0.4) is 0 Å². The summed E-state index contributed by atoms with van der Waals surface area (Å²) in [6.45, 7) is 4.66. The van der Waals surface area contributed by atoms with Gasteiger partial charge in [0.1, 0.15) is 11.6 Å². The van der Waals surface area contributed by atoms with Crippen LogP contribution in [0.15, 0.2) is 24.4 Å². The van der Waals surface area contributed by atoms with Crippen molar-refractivity contribution in [3.63, 3.8) is 0 Å². The van der Waals surface area contributed by atoms with Gasteiger partial charge in [-0.1, -0.05) is 23.2 Å². The van der Waals surface area contributed by atoms with Crippen LogP contribution in [-0.4, -0.2) is 26.3 Å². The lowest BCUT2D eigenvalue weighted by Gasteiger charge is -2.07. The van der Waals surface area contributed by atoms with Crippen LogP contribution >= 0.6 is 23.2 Å². The Hall–Kier alpha value is -1.85. The average molecular weight is 322 g/mol. The smallest absolute Gasteiger partial charge is 0.168 e. The van der Waals surface area contributed by atoms with E-state index >= 15 is 0 Å². The van der Waals surface area contributed by atoms with Crippen molar-refractivity contribution in [1.82, 2.24) is 19.7 Å². The zero-order valence-corrected chi connectivity index (χ0v) is 13.1. The quantitative estimate of drug-likeness (QED) is 0.795. The van der Waals surface area contributed by atoms with Gasteiger partial charge in [0.05, 0.1) is 27.3 Å². The van der Waals surface area contributed by atoms with Gasteiger partial charge in [0.25, 0.3) is 0 Å². The summed E-state index contributed by atoms with van der Waals surface area (Å²) in [5.74, 6) is 1.46. The van der Waals surface area contributed by atoms with Gasteiger partial charge in [-0.15, -0.1) is 0 Å². The van der Waals surface area contributed by atoms with Gasteiger partial charge in [-0.3, -0.25) is 0 Å². The molecular weight excluding hydrogens is 309 g/mol. The van der Waals surface area contributed by atoms with E-state index in [1.807, 2.05) is 19.9 Å². The van der Waals surface area contributed by atoms with E-state index in [0.29, 0.717) is 15.9 Å². The molecule has 108 valence electrons.